The molecule has 0 radical (unpaired) electrons. The van der Waals surface area contributed by atoms with E-state index in [1.807, 2.05) is 74.5 Å². The zero-order valence-electron chi connectivity index (χ0n) is 23.5. The third-order valence-electron chi connectivity index (χ3n) is 7.18. The molecule has 5 rings (SSSR count). The molecule has 1 aliphatic rings. The van der Waals surface area contributed by atoms with E-state index in [1.54, 1.807) is 18.4 Å². The van der Waals surface area contributed by atoms with Crippen LogP contribution in [0.4, 0.5) is 0 Å². The Labute approximate surface area is 240 Å². The van der Waals surface area contributed by atoms with Gasteiger partial charge in [-0.1, -0.05) is 6.42 Å². The van der Waals surface area contributed by atoms with Gasteiger partial charge in [-0.2, -0.15) is 0 Å². The van der Waals surface area contributed by atoms with E-state index in [9.17, 15) is 4.79 Å². The van der Waals surface area contributed by atoms with Crippen LogP contribution in [0.25, 0.3) is 20.5 Å². The largest absolute Gasteiger partial charge is 0.497 e. The molecule has 0 N–H and O–H groups in total. The van der Waals surface area contributed by atoms with Gasteiger partial charge >= 0.3 is 0 Å². The number of nitrogens with zero attached hydrogens (tertiary/aromatic N) is 1. The molecule has 0 aliphatic carbocycles. The highest BCUT2D eigenvalue weighted by atomic mass is 32.1. The molecule has 1 fully saturated rings. The van der Waals surface area contributed by atoms with Gasteiger partial charge in [-0.3, -0.25) is 9.69 Å². The number of benzene rings is 3. The van der Waals surface area contributed by atoms with Crippen molar-refractivity contribution in [3.05, 3.63) is 71.8 Å². The predicted molar refractivity (Wildman–Crippen MR) is 162 cm³/mol. The molecule has 6 nitrogen and oxygen atoms in total. The van der Waals surface area contributed by atoms with Crippen molar-refractivity contribution in [2.45, 2.75) is 33.1 Å². The Morgan fingerprint density at radius 1 is 0.825 bits per heavy atom. The lowest BCUT2D eigenvalue weighted by molar-refractivity contribution is 0.104. The summed E-state index contributed by atoms with van der Waals surface area (Å²) in [6.45, 7) is 8.72. The zero-order chi connectivity index (χ0) is 27.9. The average molecular weight is 560 g/mol. The Morgan fingerprint density at radius 2 is 1.52 bits per heavy atom. The number of fused-ring (bicyclic) bond motifs is 1. The Hall–Kier alpha value is -3.55. The third kappa shape index (κ3) is 6.11. The van der Waals surface area contributed by atoms with E-state index in [2.05, 4.69) is 4.90 Å². The molecule has 0 amide bonds. The van der Waals surface area contributed by atoms with E-state index < -0.39 is 0 Å². The molecule has 40 heavy (non-hydrogen) atoms. The van der Waals surface area contributed by atoms with Crippen LogP contribution in [0.5, 0.6) is 23.0 Å². The van der Waals surface area contributed by atoms with Crippen molar-refractivity contribution >= 4 is 27.2 Å². The van der Waals surface area contributed by atoms with E-state index in [4.69, 9.17) is 18.9 Å². The second kappa shape index (κ2) is 13.2. The standard InChI is InChI=1S/C33H37NO5S/c1-4-37-27-17-18-28-29(32(27)38-5-2)30(33(40-28)24-11-13-25(36-3)14-12-24)31(35)23-9-15-26(16-10-23)39-22-21-34-19-7-6-8-20-34/h9-18H,4-8,19-22H2,1-3H3. The molecule has 0 saturated carbocycles. The van der Waals surface area contributed by atoms with Crippen molar-refractivity contribution in [1.29, 1.82) is 0 Å². The Kier molecular flexibility index (Phi) is 9.24. The van der Waals surface area contributed by atoms with Crippen LogP contribution in [0.15, 0.2) is 60.7 Å². The van der Waals surface area contributed by atoms with Crippen molar-refractivity contribution < 1.29 is 23.7 Å². The number of ether oxygens (including phenoxy) is 4. The van der Waals surface area contributed by atoms with E-state index >= 15 is 0 Å². The second-order valence-corrected chi connectivity index (χ2v) is 10.8. The number of carbonyl (C=O) groups is 1. The molecular weight excluding hydrogens is 522 g/mol. The number of rotatable bonds is 12. The first-order chi connectivity index (χ1) is 19.6. The fraction of sp³-hybridized carbons (Fsp3) is 0.364. The zero-order valence-corrected chi connectivity index (χ0v) is 24.4. The molecule has 3 aromatic carbocycles. The predicted octanol–water partition coefficient (Wildman–Crippen LogP) is 7.47. The SMILES string of the molecule is CCOc1ccc2sc(-c3ccc(OC)cc3)c(C(=O)c3ccc(OCCN4CCCCC4)cc3)c2c1OCC. The lowest BCUT2D eigenvalue weighted by atomic mass is 9.97. The number of piperidine rings is 1. The minimum atomic E-state index is -0.0634. The molecule has 0 atom stereocenters. The summed E-state index contributed by atoms with van der Waals surface area (Å²) in [6.07, 6.45) is 3.86. The summed E-state index contributed by atoms with van der Waals surface area (Å²) in [5, 5.41) is 0.787. The maximum Gasteiger partial charge on any atom is 0.195 e. The molecule has 1 aromatic heterocycles. The normalized spacial score (nSPS) is 13.8. The van der Waals surface area contributed by atoms with Gasteiger partial charge in [-0.05, 0) is 106 Å². The van der Waals surface area contributed by atoms with Gasteiger partial charge < -0.3 is 18.9 Å². The molecule has 0 bridgehead atoms. The minimum Gasteiger partial charge on any atom is -0.497 e. The summed E-state index contributed by atoms with van der Waals surface area (Å²) in [4.78, 5) is 17.6. The molecule has 7 heteroatoms. The summed E-state index contributed by atoms with van der Waals surface area (Å²) in [5.41, 5.74) is 2.17. The van der Waals surface area contributed by atoms with Crippen LogP contribution in [0.1, 0.15) is 49.0 Å². The van der Waals surface area contributed by atoms with Crippen molar-refractivity contribution in [2.75, 3.05) is 46.6 Å². The van der Waals surface area contributed by atoms with Gasteiger partial charge in [0.05, 0.1) is 31.3 Å². The smallest absolute Gasteiger partial charge is 0.195 e. The lowest BCUT2D eigenvalue weighted by Crippen LogP contribution is -2.33. The number of methoxy groups -OCH3 is 1. The van der Waals surface area contributed by atoms with Gasteiger partial charge in [0.1, 0.15) is 18.1 Å². The molecule has 2 heterocycles. The van der Waals surface area contributed by atoms with Crippen molar-refractivity contribution in [3.8, 4) is 33.4 Å². The van der Waals surface area contributed by atoms with Crippen molar-refractivity contribution in [2.24, 2.45) is 0 Å². The minimum absolute atomic E-state index is 0.0634. The number of hydrogen-bond acceptors (Lipinski definition) is 7. The number of carbonyl (C=O) groups excluding carboxylic acids is 1. The fourth-order valence-electron chi connectivity index (χ4n) is 5.18. The van der Waals surface area contributed by atoms with Crippen molar-refractivity contribution in [1.82, 2.24) is 4.90 Å². The molecular formula is C33H37NO5S. The summed E-state index contributed by atoms with van der Waals surface area (Å²) in [6, 6.07) is 19.2. The first-order valence-electron chi connectivity index (χ1n) is 14.1. The monoisotopic (exact) mass is 559 g/mol. The highest BCUT2D eigenvalue weighted by Gasteiger charge is 2.26. The Balaban J connectivity index is 1.49. The third-order valence-corrected chi connectivity index (χ3v) is 8.39. The summed E-state index contributed by atoms with van der Waals surface area (Å²) in [5.74, 6) is 2.72. The van der Waals surface area contributed by atoms with Crippen molar-refractivity contribution in [3.63, 3.8) is 0 Å². The number of ketones is 1. The molecule has 0 spiro atoms. The molecule has 210 valence electrons. The van der Waals surface area contributed by atoms with Crippen LogP contribution in [0.3, 0.4) is 0 Å². The van der Waals surface area contributed by atoms with Crippen LogP contribution in [-0.4, -0.2) is 57.2 Å². The van der Waals surface area contributed by atoms with Crippen LogP contribution in [-0.2, 0) is 0 Å². The first kappa shape index (κ1) is 28.0. The Morgan fingerprint density at radius 3 is 2.20 bits per heavy atom. The molecule has 1 aliphatic heterocycles. The summed E-state index contributed by atoms with van der Waals surface area (Å²) < 4.78 is 24.4. The van der Waals surface area contributed by atoms with Gasteiger partial charge in [0.2, 0.25) is 0 Å². The van der Waals surface area contributed by atoms with Crippen LogP contribution >= 0.6 is 11.3 Å². The van der Waals surface area contributed by atoms with E-state index in [0.29, 0.717) is 42.4 Å². The summed E-state index contributed by atoms with van der Waals surface area (Å²) in [7, 11) is 1.65. The van der Waals surface area contributed by atoms with E-state index in [1.165, 1.54) is 19.3 Å². The van der Waals surface area contributed by atoms with Gasteiger partial charge in [0, 0.05) is 21.7 Å². The van der Waals surface area contributed by atoms with Gasteiger partial charge in [-0.25, -0.2) is 0 Å². The van der Waals surface area contributed by atoms with Crippen LogP contribution in [0.2, 0.25) is 0 Å². The van der Waals surface area contributed by atoms with Gasteiger partial charge in [0.25, 0.3) is 0 Å². The van der Waals surface area contributed by atoms with E-state index in [0.717, 1.165) is 51.7 Å². The maximum absolute atomic E-state index is 14.2. The number of hydrogen-bond donors (Lipinski definition) is 0. The highest BCUT2D eigenvalue weighted by Crippen LogP contribution is 2.47. The molecule has 0 unspecified atom stereocenters. The fourth-order valence-corrected chi connectivity index (χ4v) is 6.39. The first-order valence-corrected chi connectivity index (χ1v) is 14.9. The topological polar surface area (TPSA) is 57.2 Å². The van der Waals surface area contributed by atoms with Crippen LogP contribution in [0, 0.1) is 0 Å². The lowest BCUT2D eigenvalue weighted by Gasteiger charge is -2.26. The maximum atomic E-state index is 14.2. The van der Waals surface area contributed by atoms with E-state index in [-0.39, 0.29) is 5.78 Å². The number of likely N-dealkylation sites (tertiary alicyclic amines) is 1. The Bertz CT molecular complexity index is 1420. The number of thiophene rings is 1. The molecule has 4 aromatic rings. The quantitative estimate of drug-likeness (QED) is 0.168. The summed E-state index contributed by atoms with van der Waals surface area (Å²) >= 11 is 1.58. The van der Waals surface area contributed by atoms with Crippen LogP contribution < -0.4 is 18.9 Å². The second-order valence-electron chi connectivity index (χ2n) is 9.77. The average Bonchev–Trinajstić information content (AvgIpc) is 3.39. The highest BCUT2D eigenvalue weighted by molar-refractivity contribution is 7.23. The molecule has 1 saturated heterocycles. The van der Waals surface area contributed by atoms with Gasteiger partial charge in [-0.15, -0.1) is 11.3 Å². The van der Waals surface area contributed by atoms with Gasteiger partial charge in [0.15, 0.2) is 17.3 Å².